The number of hydrogen-bond donors (Lipinski definition) is 0. The number of ether oxygens (including phenoxy) is 1. The number of nitrogens with zero attached hydrogens (tertiary/aromatic N) is 2. The van der Waals surface area contributed by atoms with E-state index in [0.717, 1.165) is 34.7 Å². The first-order valence-corrected chi connectivity index (χ1v) is 8.03. The summed E-state index contributed by atoms with van der Waals surface area (Å²) in [7, 11) is 1.97. The number of aromatic nitrogens is 2. The van der Waals surface area contributed by atoms with Crippen LogP contribution in [0.1, 0.15) is 18.9 Å². The second-order valence-electron chi connectivity index (χ2n) is 5.73. The molecule has 0 aliphatic rings. The highest BCUT2D eigenvalue weighted by molar-refractivity contribution is 5.78. The zero-order valence-electron chi connectivity index (χ0n) is 13.9. The Bertz CT molecular complexity index is 791. The van der Waals surface area contributed by atoms with E-state index in [0.29, 0.717) is 6.61 Å². The summed E-state index contributed by atoms with van der Waals surface area (Å²) in [4.78, 5) is 0. The average Bonchev–Trinajstić information content (AvgIpc) is 2.90. The van der Waals surface area contributed by atoms with Gasteiger partial charge in [0, 0.05) is 18.2 Å². The van der Waals surface area contributed by atoms with Crippen molar-refractivity contribution in [3.05, 3.63) is 60.2 Å². The third-order valence-electron chi connectivity index (χ3n) is 3.79. The molecule has 3 heteroatoms. The molecule has 3 rings (SSSR count). The van der Waals surface area contributed by atoms with Crippen molar-refractivity contribution in [1.29, 1.82) is 0 Å². The first-order chi connectivity index (χ1) is 11.2. The van der Waals surface area contributed by atoms with Crippen molar-refractivity contribution in [1.82, 2.24) is 9.78 Å². The maximum Gasteiger partial charge on any atom is 0.173 e. The van der Waals surface area contributed by atoms with Crippen molar-refractivity contribution in [2.45, 2.75) is 20.3 Å². The first kappa shape index (κ1) is 15.3. The maximum atomic E-state index is 6.10. The van der Waals surface area contributed by atoms with Gasteiger partial charge in [-0.2, -0.15) is 5.10 Å². The molecule has 0 amide bonds. The summed E-state index contributed by atoms with van der Waals surface area (Å²) >= 11 is 0. The Morgan fingerprint density at radius 2 is 1.74 bits per heavy atom. The van der Waals surface area contributed by atoms with Crippen LogP contribution in [0.4, 0.5) is 0 Å². The molecule has 0 saturated heterocycles. The van der Waals surface area contributed by atoms with E-state index in [2.05, 4.69) is 50.2 Å². The van der Waals surface area contributed by atoms with Crippen molar-refractivity contribution in [3.8, 4) is 28.3 Å². The minimum absolute atomic E-state index is 0.685. The largest absolute Gasteiger partial charge is 0.489 e. The highest BCUT2D eigenvalue weighted by atomic mass is 16.5. The molecule has 0 aliphatic carbocycles. The lowest BCUT2D eigenvalue weighted by Gasteiger charge is -2.09. The van der Waals surface area contributed by atoms with Crippen LogP contribution >= 0.6 is 0 Å². The van der Waals surface area contributed by atoms with Crippen molar-refractivity contribution >= 4 is 0 Å². The van der Waals surface area contributed by atoms with E-state index in [1.807, 2.05) is 29.9 Å². The van der Waals surface area contributed by atoms with Gasteiger partial charge in [-0.15, -0.1) is 0 Å². The highest BCUT2D eigenvalue weighted by Crippen LogP contribution is 2.38. The molecule has 0 spiro atoms. The van der Waals surface area contributed by atoms with Gasteiger partial charge in [-0.25, -0.2) is 0 Å². The van der Waals surface area contributed by atoms with Gasteiger partial charge in [-0.05, 0) is 19.4 Å². The number of benzene rings is 2. The standard InChI is InChI=1S/C20H22N2O/c1-4-13-23-20-18(17-12-8-9-15(2)14-17)21-22(3)19(20)16-10-6-5-7-11-16/h5-12,14H,4,13H2,1-3H3. The van der Waals surface area contributed by atoms with Crippen LogP contribution in [0.5, 0.6) is 5.75 Å². The lowest BCUT2D eigenvalue weighted by molar-refractivity contribution is 0.320. The molecule has 0 N–H and O–H groups in total. The molecule has 0 atom stereocenters. The fraction of sp³-hybridized carbons (Fsp3) is 0.250. The molecular formula is C20H22N2O. The van der Waals surface area contributed by atoms with E-state index < -0.39 is 0 Å². The molecule has 0 bridgehead atoms. The van der Waals surface area contributed by atoms with Crippen molar-refractivity contribution in [2.24, 2.45) is 7.05 Å². The summed E-state index contributed by atoms with van der Waals surface area (Å²) in [6.45, 7) is 4.90. The quantitative estimate of drug-likeness (QED) is 0.673. The lowest BCUT2D eigenvalue weighted by atomic mass is 10.1. The second-order valence-corrected chi connectivity index (χ2v) is 5.73. The van der Waals surface area contributed by atoms with Crippen LogP contribution in [0, 0.1) is 6.92 Å². The normalized spacial score (nSPS) is 10.7. The third-order valence-corrected chi connectivity index (χ3v) is 3.79. The Morgan fingerprint density at radius 1 is 1.00 bits per heavy atom. The molecule has 0 unspecified atom stereocenters. The van der Waals surface area contributed by atoms with Crippen LogP contribution in [-0.4, -0.2) is 16.4 Å². The Hall–Kier alpha value is -2.55. The molecule has 0 aliphatic heterocycles. The van der Waals surface area contributed by atoms with Gasteiger partial charge in [0.1, 0.15) is 11.4 Å². The van der Waals surface area contributed by atoms with Crippen LogP contribution in [0.25, 0.3) is 22.5 Å². The predicted octanol–water partition coefficient (Wildman–Crippen LogP) is 4.85. The summed E-state index contributed by atoms with van der Waals surface area (Å²) in [6, 6.07) is 18.7. The van der Waals surface area contributed by atoms with Crippen LogP contribution in [0.2, 0.25) is 0 Å². The Kier molecular flexibility index (Phi) is 4.47. The molecule has 1 heterocycles. The van der Waals surface area contributed by atoms with E-state index in [-0.39, 0.29) is 0 Å². The minimum Gasteiger partial charge on any atom is -0.489 e. The molecule has 0 radical (unpaired) electrons. The van der Waals surface area contributed by atoms with Crippen molar-refractivity contribution in [2.75, 3.05) is 6.61 Å². The number of rotatable bonds is 5. The van der Waals surface area contributed by atoms with Crippen LogP contribution < -0.4 is 4.74 Å². The molecule has 0 fully saturated rings. The molecule has 0 saturated carbocycles. The fourth-order valence-corrected chi connectivity index (χ4v) is 2.74. The average molecular weight is 306 g/mol. The summed E-state index contributed by atoms with van der Waals surface area (Å²) in [5.74, 6) is 0.867. The van der Waals surface area contributed by atoms with E-state index in [9.17, 15) is 0 Å². The van der Waals surface area contributed by atoms with E-state index in [1.54, 1.807) is 0 Å². The van der Waals surface area contributed by atoms with Gasteiger partial charge in [0.05, 0.1) is 6.61 Å². The maximum absolute atomic E-state index is 6.10. The number of aryl methyl sites for hydroxylation is 2. The minimum atomic E-state index is 0.685. The smallest absolute Gasteiger partial charge is 0.173 e. The van der Waals surface area contributed by atoms with Gasteiger partial charge in [0.2, 0.25) is 0 Å². The number of hydrogen-bond acceptors (Lipinski definition) is 2. The van der Waals surface area contributed by atoms with Gasteiger partial charge in [-0.1, -0.05) is 61.0 Å². The van der Waals surface area contributed by atoms with E-state index in [1.165, 1.54) is 5.56 Å². The van der Waals surface area contributed by atoms with E-state index >= 15 is 0 Å². The topological polar surface area (TPSA) is 27.1 Å². The Balaban J connectivity index is 2.17. The zero-order chi connectivity index (χ0) is 16.2. The van der Waals surface area contributed by atoms with Gasteiger partial charge >= 0.3 is 0 Å². The molecular weight excluding hydrogens is 284 g/mol. The van der Waals surface area contributed by atoms with Crippen molar-refractivity contribution in [3.63, 3.8) is 0 Å². The monoisotopic (exact) mass is 306 g/mol. The SMILES string of the molecule is CCCOc1c(-c2cccc(C)c2)nn(C)c1-c1ccccc1. The summed E-state index contributed by atoms with van der Waals surface area (Å²) in [5, 5.41) is 4.74. The van der Waals surface area contributed by atoms with E-state index in [4.69, 9.17) is 9.84 Å². The summed E-state index contributed by atoms with van der Waals surface area (Å²) in [5.41, 5.74) is 5.36. The molecule has 3 nitrogen and oxygen atoms in total. The molecule has 2 aromatic carbocycles. The molecule has 118 valence electrons. The van der Waals surface area contributed by atoms with Gasteiger partial charge in [0.15, 0.2) is 5.75 Å². The van der Waals surface area contributed by atoms with Gasteiger partial charge in [0.25, 0.3) is 0 Å². The Labute approximate surface area is 137 Å². The predicted molar refractivity (Wildman–Crippen MR) is 94.6 cm³/mol. The van der Waals surface area contributed by atoms with Crippen LogP contribution in [-0.2, 0) is 7.05 Å². The zero-order valence-corrected chi connectivity index (χ0v) is 13.9. The van der Waals surface area contributed by atoms with Gasteiger partial charge in [-0.3, -0.25) is 4.68 Å². The van der Waals surface area contributed by atoms with Gasteiger partial charge < -0.3 is 4.74 Å². The van der Waals surface area contributed by atoms with Crippen molar-refractivity contribution < 1.29 is 4.74 Å². The van der Waals surface area contributed by atoms with Crippen LogP contribution in [0.3, 0.4) is 0 Å². The molecule has 3 aromatic rings. The van der Waals surface area contributed by atoms with Crippen LogP contribution in [0.15, 0.2) is 54.6 Å². The summed E-state index contributed by atoms with van der Waals surface area (Å²) in [6.07, 6.45) is 0.969. The Morgan fingerprint density at radius 3 is 2.43 bits per heavy atom. The second kappa shape index (κ2) is 6.69. The summed E-state index contributed by atoms with van der Waals surface area (Å²) < 4.78 is 8.02. The highest BCUT2D eigenvalue weighted by Gasteiger charge is 2.20. The first-order valence-electron chi connectivity index (χ1n) is 8.03. The third kappa shape index (κ3) is 3.14. The molecule has 23 heavy (non-hydrogen) atoms. The molecule has 1 aromatic heterocycles. The fourth-order valence-electron chi connectivity index (χ4n) is 2.74. The lowest BCUT2D eigenvalue weighted by Crippen LogP contribution is -1.98.